The van der Waals surface area contributed by atoms with Crippen molar-refractivity contribution in [2.75, 3.05) is 19.4 Å². The predicted octanol–water partition coefficient (Wildman–Crippen LogP) is 1.29. The molecule has 30 heavy (non-hydrogen) atoms. The summed E-state index contributed by atoms with van der Waals surface area (Å²) in [6, 6.07) is 5.70. The summed E-state index contributed by atoms with van der Waals surface area (Å²) >= 11 is 1.53. The van der Waals surface area contributed by atoms with Crippen molar-refractivity contribution in [1.82, 2.24) is 10.6 Å². The molecule has 0 unspecified atom stereocenters. The highest BCUT2D eigenvalue weighted by atomic mass is 32.2. The molecular weight excluding hydrogens is 438 g/mol. The number of hydrogen-bond acceptors (Lipinski definition) is 9. The van der Waals surface area contributed by atoms with Gasteiger partial charge in [-0.1, -0.05) is 6.07 Å². The summed E-state index contributed by atoms with van der Waals surface area (Å²) in [5.41, 5.74) is -1.11. The highest BCUT2D eigenvalue weighted by Gasteiger charge is 2.24. The number of ether oxygens (including phenoxy) is 1. The molecule has 0 saturated heterocycles. The number of thiophene rings is 1. The van der Waals surface area contributed by atoms with E-state index in [0.717, 1.165) is 29.3 Å². The van der Waals surface area contributed by atoms with Crippen LogP contribution in [-0.2, 0) is 25.8 Å². The van der Waals surface area contributed by atoms with Crippen molar-refractivity contribution in [2.24, 2.45) is 0 Å². The second kappa shape index (κ2) is 9.93. The van der Waals surface area contributed by atoms with E-state index in [0.29, 0.717) is 13.0 Å². The van der Waals surface area contributed by atoms with Crippen LogP contribution in [0.15, 0.2) is 40.6 Å². The van der Waals surface area contributed by atoms with Gasteiger partial charge in [0.1, 0.15) is 4.90 Å². The summed E-state index contributed by atoms with van der Waals surface area (Å²) in [7, 11) is -3.88. The number of nitrogens with one attached hydrogen (secondary N) is 2. The molecule has 0 aliphatic carbocycles. The molecule has 1 aromatic heterocycles. The molecule has 0 saturated carbocycles. The number of carbonyl (C=O) groups excluding carboxylic acids is 3. The van der Waals surface area contributed by atoms with E-state index in [1.54, 1.807) is 0 Å². The standard InChI is InChI=1S/C17H17N3O8S2/c1-30(26,27)14-5-4-11(9-13(14)20(24)25)16(22)28-10-15(21)19-17(23)18-7-6-12-3-2-8-29-12/h2-5,8-9H,6-7,10H2,1H3,(H2,18,19,21,23). The van der Waals surface area contributed by atoms with Crippen LogP contribution in [0.25, 0.3) is 0 Å². The summed E-state index contributed by atoms with van der Waals surface area (Å²) in [5, 5.41) is 17.4. The average Bonchev–Trinajstić information content (AvgIpc) is 3.18. The van der Waals surface area contributed by atoms with E-state index in [-0.39, 0.29) is 5.56 Å². The molecule has 0 atom stereocenters. The van der Waals surface area contributed by atoms with Crippen LogP contribution >= 0.6 is 11.3 Å². The first kappa shape index (κ1) is 23.0. The molecule has 1 aromatic carbocycles. The highest BCUT2D eigenvalue weighted by Crippen LogP contribution is 2.25. The molecule has 0 aliphatic heterocycles. The number of amides is 3. The molecule has 3 amide bonds. The molecule has 0 fully saturated rings. The maximum Gasteiger partial charge on any atom is 0.338 e. The normalized spacial score (nSPS) is 10.8. The number of nitro benzene ring substituents is 1. The Morgan fingerprint density at radius 2 is 1.97 bits per heavy atom. The molecule has 1 heterocycles. The van der Waals surface area contributed by atoms with Crippen molar-refractivity contribution < 1.29 is 32.5 Å². The quantitative estimate of drug-likeness (QED) is 0.342. The smallest absolute Gasteiger partial charge is 0.338 e. The first-order chi connectivity index (χ1) is 14.1. The Kier molecular flexibility index (Phi) is 7.60. The van der Waals surface area contributed by atoms with Crippen LogP contribution in [0, 0.1) is 10.1 Å². The van der Waals surface area contributed by atoms with E-state index >= 15 is 0 Å². The van der Waals surface area contributed by atoms with Gasteiger partial charge in [0.05, 0.1) is 10.5 Å². The number of hydrogen-bond donors (Lipinski definition) is 2. The molecule has 2 rings (SSSR count). The number of urea groups is 1. The minimum absolute atomic E-state index is 0.301. The second-order valence-electron chi connectivity index (χ2n) is 5.92. The Balaban J connectivity index is 1.87. The predicted molar refractivity (Wildman–Crippen MR) is 106 cm³/mol. The third-order valence-corrected chi connectivity index (χ3v) is 5.70. The van der Waals surface area contributed by atoms with E-state index in [9.17, 15) is 32.9 Å². The van der Waals surface area contributed by atoms with E-state index in [1.807, 2.05) is 22.8 Å². The minimum atomic E-state index is -3.88. The zero-order valence-electron chi connectivity index (χ0n) is 15.6. The summed E-state index contributed by atoms with van der Waals surface area (Å²) in [6.45, 7) is -0.505. The van der Waals surface area contributed by atoms with Gasteiger partial charge in [0, 0.05) is 23.7 Å². The summed E-state index contributed by atoms with van der Waals surface area (Å²) in [5.74, 6) is -1.99. The van der Waals surface area contributed by atoms with Crippen LogP contribution in [0.2, 0.25) is 0 Å². The minimum Gasteiger partial charge on any atom is -0.452 e. The molecule has 13 heteroatoms. The van der Waals surface area contributed by atoms with Crippen LogP contribution in [0.4, 0.5) is 10.5 Å². The molecule has 0 radical (unpaired) electrons. The Morgan fingerprint density at radius 1 is 1.23 bits per heavy atom. The molecular formula is C17H17N3O8S2. The average molecular weight is 455 g/mol. The lowest BCUT2D eigenvalue weighted by Crippen LogP contribution is -2.42. The van der Waals surface area contributed by atoms with Gasteiger partial charge in [0.25, 0.3) is 11.6 Å². The van der Waals surface area contributed by atoms with Gasteiger partial charge >= 0.3 is 12.0 Å². The summed E-state index contributed by atoms with van der Waals surface area (Å²) < 4.78 is 27.9. The number of nitrogens with zero attached hydrogens (tertiary/aromatic N) is 1. The molecule has 0 aliphatic rings. The molecule has 2 N–H and O–H groups in total. The van der Waals surface area contributed by atoms with Crippen LogP contribution in [-0.4, -0.2) is 50.7 Å². The third-order valence-electron chi connectivity index (χ3n) is 3.62. The number of benzene rings is 1. The van der Waals surface area contributed by atoms with Gasteiger partial charge in [0.2, 0.25) is 0 Å². The van der Waals surface area contributed by atoms with Crippen LogP contribution in [0.3, 0.4) is 0 Å². The van der Waals surface area contributed by atoms with Gasteiger partial charge in [-0.05, 0) is 30.0 Å². The molecule has 2 aromatic rings. The number of esters is 1. The van der Waals surface area contributed by atoms with Crippen LogP contribution < -0.4 is 10.6 Å². The van der Waals surface area contributed by atoms with Crippen molar-refractivity contribution in [3.8, 4) is 0 Å². The Morgan fingerprint density at radius 3 is 2.57 bits per heavy atom. The van der Waals surface area contributed by atoms with E-state index in [1.165, 1.54) is 11.3 Å². The second-order valence-corrected chi connectivity index (χ2v) is 8.94. The number of rotatable bonds is 8. The van der Waals surface area contributed by atoms with Gasteiger partial charge in [-0.15, -0.1) is 11.3 Å². The van der Waals surface area contributed by atoms with Gasteiger partial charge in [-0.25, -0.2) is 18.0 Å². The molecule has 0 bridgehead atoms. The SMILES string of the molecule is CS(=O)(=O)c1ccc(C(=O)OCC(=O)NC(=O)NCCc2cccs2)cc1[N+](=O)[O-]. The van der Waals surface area contributed by atoms with Crippen molar-refractivity contribution in [1.29, 1.82) is 0 Å². The Labute approximate surface area is 175 Å². The van der Waals surface area contributed by atoms with Crippen molar-refractivity contribution in [2.45, 2.75) is 11.3 Å². The summed E-state index contributed by atoms with van der Waals surface area (Å²) in [4.78, 5) is 46.0. The largest absolute Gasteiger partial charge is 0.452 e. The fourth-order valence-corrected chi connectivity index (χ4v) is 3.81. The van der Waals surface area contributed by atoms with Gasteiger partial charge < -0.3 is 10.1 Å². The van der Waals surface area contributed by atoms with Gasteiger partial charge in [-0.3, -0.25) is 20.2 Å². The van der Waals surface area contributed by atoms with Crippen molar-refractivity contribution >= 4 is 44.8 Å². The first-order valence-electron chi connectivity index (χ1n) is 8.33. The third kappa shape index (κ3) is 6.63. The monoisotopic (exact) mass is 455 g/mol. The highest BCUT2D eigenvalue weighted by molar-refractivity contribution is 7.90. The molecule has 11 nitrogen and oxygen atoms in total. The lowest BCUT2D eigenvalue weighted by molar-refractivity contribution is -0.387. The Hall–Kier alpha value is -3.32. The zero-order valence-corrected chi connectivity index (χ0v) is 17.2. The van der Waals surface area contributed by atoms with Crippen molar-refractivity contribution in [3.05, 3.63) is 56.3 Å². The van der Waals surface area contributed by atoms with Gasteiger partial charge in [0.15, 0.2) is 16.4 Å². The van der Waals surface area contributed by atoms with E-state index in [4.69, 9.17) is 4.74 Å². The zero-order chi connectivity index (χ0) is 22.3. The van der Waals surface area contributed by atoms with Crippen LogP contribution in [0.1, 0.15) is 15.2 Å². The fourth-order valence-electron chi connectivity index (χ4n) is 2.28. The number of nitro groups is 1. The number of carbonyl (C=O) groups is 3. The maximum absolute atomic E-state index is 12.0. The Bertz CT molecular complexity index is 1060. The van der Waals surface area contributed by atoms with Gasteiger partial charge in [-0.2, -0.15) is 0 Å². The maximum atomic E-state index is 12.0. The number of sulfone groups is 1. The van der Waals surface area contributed by atoms with Crippen LogP contribution in [0.5, 0.6) is 0 Å². The lowest BCUT2D eigenvalue weighted by atomic mass is 10.2. The topological polar surface area (TPSA) is 162 Å². The molecule has 0 spiro atoms. The number of imide groups is 1. The van der Waals surface area contributed by atoms with Crippen molar-refractivity contribution in [3.63, 3.8) is 0 Å². The van der Waals surface area contributed by atoms with E-state index in [2.05, 4.69) is 5.32 Å². The van der Waals surface area contributed by atoms with E-state index < -0.39 is 49.9 Å². The lowest BCUT2D eigenvalue weighted by Gasteiger charge is -2.08. The fraction of sp³-hybridized carbons (Fsp3) is 0.235. The first-order valence-corrected chi connectivity index (χ1v) is 11.1. The summed E-state index contributed by atoms with van der Waals surface area (Å²) in [6.07, 6.45) is 1.39. The molecule has 160 valence electrons.